The zero-order valence-corrected chi connectivity index (χ0v) is 16.5. The van der Waals surface area contributed by atoms with Gasteiger partial charge in [-0.25, -0.2) is 5.43 Å². The fraction of sp³-hybridized carbons (Fsp3) is 0.200. The van der Waals surface area contributed by atoms with Crippen LogP contribution in [0.3, 0.4) is 0 Å². The Hall–Kier alpha value is -4.08. The molecule has 0 aliphatic carbocycles. The number of nitro benzene ring substituents is 1. The van der Waals surface area contributed by atoms with E-state index in [0.29, 0.717) is 22.6 Å². The SMILES string of the molecule is CC(=O)Nc1ccccc1NC(=O)CC(C)=NNC(=O)Cc1ccc([N+](=O)[O-])cc1. The first-order valence-electron chi connectivity index (χ1n) is 8.96. The van der Waals surface area contributed by atoms with Crippen molar-refractivity contribution < 1.29 is 19.3 Å². The Labute approximate surface area is 172 Å². The monoisotopic (exact) mass is 411 g/mol. The molecule has 0 unspecified atom stereocenters. The number of carbonyl (C=O) groups is 3. The summed E-state index contributed by atoms with van der Waals surface area (Å²) in [5, 5.41) is 19.8. The minimum Gasteiger partial charge on any atom is -0.325 e. The van der Waals surface area contributed by atoms with Crippen molar-refractivity contribution in [2.24, 2.45) is 5.10 Å². The molecule has 0 aromatic heterocycles. The van der Waals surface area contributed by atoms with E-state index in [0.717, 1.165) is 0 Å². The number of nitro groups is 1. The molecule has 0 fully saturated rings. The van der Waals surface area contributed by atoms with Gasteiger partial charge in [0, 0.05) is 24.8 Å². The van der Waals surface area contributed by atoms with Gasteiger partial charge in [-0.15, -0.1) is 0 Å². The molecule has 0 heterocycles. The summed E-state index contributed by atoms with van der Waals surface area (Å²) in [6.45, 7) is 2.96. The minimum absolute atomic E-state index is 0.00887. The van der Waals surface area contributed by atoms with E-state index in [2.05, 4.69) is 21.2 Å². The molecule has 156 valence electrons. The first-order chi connectivity index (χ1) is 14.2. The molecule has 2 aromatic carbocycles. The number of hydrogen-bond donors (Lipinski definition) is 3. The van der Waals surface area contributed by atoms with Crippen molar-refractivity contribution in [2.45, 2.75) is 26.7 Å². The Balaban J connectivity index is 1.87. The molecule has 3 N–H and O–H groups in total. The fourth-order valence-electron chi connectivity index (χ4n) is 2.48. The number of non-ortho nitro benzene ring substituents is 1. The molecule has 0 bridgehead atoms. The van der Waals surface area contributed by atoms with Crippen LogP contribution < -0.4 is 16.1 Å². The van der Waals surface area contributed by atoms with Gasteiger partial charge in [0.1, 0.15) is 0 Å². The quantitative estimate of drug-likeness (QED) is 0.348. The molecule has 3 amide bonds. The molecule has 0 aliphatic rings. The number of anilines is 2. The summed E-state index contributed by atoms with van der Waals surface area (Å²) in [5.74, 6) is -1.04. The van der Waals surface area contributed by atoms with Gasteiger partial charge in [-0.3, -0.25) is 24.5 Å². The molecule has 0 atom stereocenters. The number of nitrogens with zero attached hydrogens (tertiary/aromatic N) is 2. The van der Waals surface area contributed by atoms with Gasteiger partial charge in [0.25, 0.3) is 5.69 Å². The summed E-state index contributed by atoms with van der Waals surface area (Å²) < 4.78 is 0. The third-order valence-corrected chi connectivity index (χ3v) is 3.81. The average molecular weight is 411 g/mol. The van der Waals surface area contributed by atoms with E-state index < -0.39 is 10.8 Å². The number of nitrogens with one attached hydrogen (secondary N) is 3. The van der Waals surface area contributed by atoms with Crippen LogP contribution in [0.5, 0.6) is 0 Å². The van der Waals surface area contributed by atoms with Gasteiger partial charge in [-0.1, -0.05) is 24.3 Å². The van der Waals surface area contributed by atoms with E-state index in [4.69, 9.17) is 0 Å². The van der Waals surface area contributed by atoms with Crippen LogP contribution in [0, 0.1) is 10.1 Å². The smallest absolute Gasteiger partial charge is 0.269 e. The Kier molecular flexibility index (Phi) is 7.74. The maximum Gasteiger partial charge on any atom is 0.269 e. The topological polar surface area (TPSA) is 143 Å². The Bertz CT molecular complexity index is 985. The maximum absolute atomic E-state index is 12.2. The van der Waals surface area contributed by atoms with Gasteiger partial charge in [-0.05, 0) is 24.6 Å². The number of rotatable bonds is 8. The Morgan fingerprint density at radius 2 is 1.53 bits per heavy atom. The number of carbonyl (C=O) groups excluding carboxylic acids is 3. The average Bonchev–Trinajstić information content (AvgIpc) is 2.68. The third kappa shape index (κ3) is 7.15. The summed E-state index contributed by atoms with van der Waals surface area (Å²) >= 11 is 0. The second-order valence-electron chi connectivity index (χ2n) is 6.43. The Morgan fingerprint density at radius 1 is 0.933 bits per heavy atom. The van der Waals surface area contributed by atoms with E-state index in [1.54, 1.807) is 31.2 Å². The van der Waals surface area contributed by atoms with E-state index >= 15 is 0 Å². The minimum atomic E-state index is -0.517. The molecular weight excluding hydrogens is 390 g/mol. The van der Waals surface area contributed by atoms with E-state index in [1.807, 2.05) is 0 Å². The molecular formula is C20H21N5O5. The third-order valence-electron chi connectivity index (χ3n) is 3.81. The highest BCUT2D eigenvalue weighted by Crippen LogP contribution is 2.21. The zero-order chi connectivity index (χ0) is 22.1. The van der Waals surface area contributed by atoms with Gasteiger partial charge in [-0.2, -0.15) is 5.10 Å². The molecule has 2 rings (SSSR count). The van der Waals surface area contributed by atoms with Crippen LogP contribution in [0.1, 0.15) is 25.8 Å². The van der Waals surface area contributed by atoms with Crippen molar-refractivity contribution >= 4 is 40.5 Å². The lowest BCUT2D eigenvalue weighted by Gasteiger charge is -2.11. The summed E-state index contributed by atoms with van der Waals surface area (Å²) in [4.78, 5) is 45.5. The highest BCUT2D eigenvalue weighted by atomic mass is 16.6. The van der Waals surface area contributed by atoms with Crippen LogP contribution >= 0.6 is 0 Å². The lowest BCUT2D eigenvalue weighted by atomic mass is 10.1. The second kappa shape index (κ2) is 10.5. The van der Waals surface area contributed by atoms with Crippen LogP contribution in [-0.4, -0.2) is 28.4 Å². The summed E-state index contributed by atoms with van der Waals surface area (Å²) in [5.41, 5.74) is 4.20. The van der Waals surface area contributed by atoms with Crippen LogP contribution in [-0.2, 0) is 20.8 Å². The second-order valence-corrected chi connectivity index (χ2v) is 6.43. The predicted molar refractivity (Wildman–Crippen MR) is 112 cm³/mol. The van der Waals surface area contributed by atoms with Crippen molar-refractivity contribution in [3.05, 3.63) is 64.2 Å². The van der Waals surface area contributed by atoms with Crippen LogP contribution in [0.25, 0.3) is 0 Å². The molecule has 10 nitrogen and oxygen atoms in total. The molecule has 0 radical (unpaired) electrons. The number of benzene rings is 2. The summed E-state index contributed by atoms with van der Waals surface area (Å²) in [6.07, 6.45) is -0.0721. The molecule has 0 saturated carbocycles. The number of para-hydroxylation sites is 2. The van der Waals surface area contributed by atoms with E-state index in [1.165, 1.54) is 31.2 Å². The number of amides is 3. The lowest BCUT2D eigenvalue weighted by molar-refractivity contribution is -0.384. The summed E-state index contributed by atoms with van der Waals surface area (Å²) in [6, 6.07) is 12.4. The maximum atomic E-state index is 12.2. The van der Waals surface area contributed by atoms with Crippen LogP contribution in [0.15, 0.2) is 53.6 Å². The molecule has 0 spiro atoms. The van der Waals surface area contributed by atoms with Crippen molar-refractivity contribution in [3.8, 4) is 0 Å². The zero-order valence-electron chi connectivity index (χ0n) is 16.5. The Morgan fingerprint density at radius 3 is 2.10 bits per heavy atom. The van der Waals surface area contributed by atoms with E-state index in [-0.39, 0.29) is 30.3 Å². The largest absolute Gasteiger partial charge is 0.325 e. The lowest BCUT2D eigenvalue weighted by Crippen LogP contribution is -2.23. The standard InChI is InChI=1S/C20H21N5O5/c1-13(11-19(27)22-18-6-4-3-5-17(18)21-14(2)26)23-24-20(28)12-15-7-9-16(10-8-15)25(29)30/h3-10H,11-12H2,1-2H3,(H,21,26)(H,22,27)(H,24,28). The van der Waals surface area contributed by atoms with Gasteiger partial charge in [0.15, 0.2) is 0 Å². The molecule has 2 aromatic rings. The van der Waals surface area contributed by atoms with E-state index in [9.17, 15) is 24.5 Å². The van der Waals surface area contributed by atoms with Crippen LogP contribution in [0.2, 0.25) is 0 Å². The van der Waals surface area contributed by atoms with Crippen LogP contribution in [0.4, 0.5) is 17.1 Å². The van der Waals surface area contributed by atoms with Gasteiger partial charge in [0.05, 0.1) is 29.1 Å². The first kappa shape index (κ1) is 22.2. The predicted octanol–water partition coefficient (Wildman–Crippen LogP) is 2.62. The molecule has 0 aliphatic heterocycles. The number of hydrazone groups is 1. The summed E-state index contributed by atoms with van der Waals surface area (Å²) in [7, 11) is 0. The molecule has 0 saturated heterocycles. The highest BCUT2D eigenvalue weighted by molar-refractivity contribution is 6.07. The molecule has 30 heavy (non-hydrogen) atoms. The van der Waals surface area contributed by atoms with Crippen molar-refractivity contribution in [3.63, 3.8) is 0 Å². The fourth-order valence-corrected chi connectivity index (χ4v) is 2.48. The highest BCUT2D eigenvalue weighted by Gasteiger charge is 2.10. The first-order valence-corrected chi connectivity index (χ1v) is 8.96. The normalized spacial score (nSPS) is 10.8. The molecule has 10 heteroatoms. The van der Waals surface area contributed by atoms with Gasteiger partial charge in [0.2, 0.25) is 17.7 Å². The van der Waals surface area contributed by atoms with Crippen molar-refractivity contribution in [1.29, 1.82) is 0 Å². The van der Waals surface area contributed by atoms with Crippen molar-refractivity contribution in [2.75, 3.05) is 10.6 Å². The van der Waals surface area contributed by atoms with Gasteiger partial charge < -0.3 is 10.6 Å². The number of hydrogen-bond acceptors (Lipinski definition) is 6. The van der Waals surface area contributed by atoms with Gasteiger partial charge >= 0.3 is 0 Å². The van der Waals surface area contributed by atoms with Crippen molar-refractivity contribution in [1.82, 2.24) is 5.43 Å².